The van der Waals surface area contributed by atoms with Crippen LogP contribution >= 0.6 is 10.7 Å². The molecule has 1 aromatic carbocycles. The number of hydrogen-bond donors (Lipinski definition) is 1. The molecule has 0 bridgehead atoms. The van der Waals surface area contributed by atoms with Gasteiger partial charge in [0.15, 0.2) is 11.5 Å². The van der Waals surface area contributed by atoms with Gasteiger partial charge < -0.3 is 14.2 Å². The number of hydrogen-bond acceptors (Lipinski definition) is 5. The number of halogens is 1. The van der Waals surface area contributed by atoms with Crippen LogP contribution in [0.3, 0.4) is 0 Å². The van der Waals surface area contributed by atoms with Crippen LogP contribution in [-0.2, 0) is 9.24 Å². The quantitative estimate of drug-likeness (QED) is 0.830. The Balaban J connectivity index is 3.27. The average molecular weight is 282 g/mol. The highest BCUT2D eigenvalue weighted by molar-refractivity contribution is 8.14. The van der Waals surface area contributed by atoms with Crippen molar-refractivity contribution in [2.45, 2.75) is 0 Å². The highest BCUT2D eigenvalue weighted by atomic mass is 35.7. The third-order valence-electron chi connectivity index (χ3n) is 1.90. The molecule has 0 heterocycles. The first kappa shape index (κ1) is 13.7. The molecule has 1 aromatic rings. The summed E-state index contributed by atoms with van der Waals surface area (Å²) in [5.74, 6) is 1.02. The molecule has 0 fully saturated rings. The Bertz CT molecular complexity index is 477. The van der Waals surface area contributed by atoms with Gasteiger partial charge in [-0.15, -0.1) is 0 Å². The van der Waals surface area contributed by atoms with Gasteiger partial charge in [-0.3, -0.25) is 4.72 Å². The first-order valence-electron chi connectivity index (χ1n) is 4.43. The molecule has 0 atom stereocenters. The molecule has 6 nitrogen and oxygen atoms in total. The summed E-state index contributed by atoms with van der Waals surface area (Å²) >= 11 is 0. The van der Waals surface area contributed by atoms with E-state index in [0.717, 1.165) is 0 Å². The summed E-state index contributed by atoms with van der Waals surface area (Å²) in [6.07, 6.45) is 0. The zero-order valence-corrected chi connectivity index (χ0v) is 11.1. The number of anilines is 1. The summed E-state index contributed by atoms with van der Waals surface area (Å²) in [6, 6.07) is 2.86. The molecule has 96 valence electrons. The van der Waals surface area contributed by atoms with Gasteiger partial charge in [0.25, 0.3) is 0 Å². The van der Waals surface area contributed by atoms with Gasteiger partial charge in [0, 0.05) is 22.8 Å². The van der Waals surface area contributed by atoms with Crippen LogP contribution in [0.4, 0.5) is 5.69 Å². The van der Waals surface area contributed by atoms with E-state index in [1.807, 2.05) is 0 Å². The predicted molar refractivity (Wildman–Crippen MR) is 64.5 cm³/mol. The molecule has 0 unspecified atom stereocenters. The van der Waals surface area contributed by atoms with E-state index < -0.39 is 9.24 Å². The Labute approximate surface area is 104 Å². The van der Waals surface area contributed by atoms with Crippen LogP contribution in [0.2, 0.25) is 0 Å². The second-order valence-electron chi connectivity index (χ2n) is 2.95. The smallest absolute Gasteiger partial charge is 0.319 e. The van der Waals surface area contributed by atoms with E-state index in [-0.39, 0.29) is 5.69 Å². The summed E-state index contributed by atoms with van der Waals surface area (Å²) in [5, 5.41) is 0. The lowest BCUT2D eigenvalue weighted by molar-refractivity contribution is 0.325. The minimum atomic E-state index is -3.88. The Morgan fingerprint density at radius 3 is 1.82 bits per heavy atom. The normalized spacial score (nSPS) is 10.8. The topological polar surface area (TPSA) is 73.9 Å². The van der Waals surface area contributed by atoms with Crippen molar-refractivity contribution in [2.24, 2.45) is 0 Å². The first-order valence-corrected chi connectivity index (χ1v) is 6.74. The Kier molecular flexibility index (Phi) is 4.30. The molecule has 0 aliphatic carbocycles. The molecule has 17 heavy (non-hydrogen) atoms. The zero-order valence-electron chi connectivity index (χ0n) is 9.48. The molecule has 0 aliphatic heterocycles. The Morgan fingerprint density at radius 1 is 1.06 bits per heavy atom. The molecular formula is C9H12ClNO5S. The van der Waals surface area contributed by atoms with E-state index in [0.29, 0.717) is 17.2 Å². The number of methoxy groups -OCH3 is 3. The molecule has 1 rings (SSSR count). The minimum absolute atomic E-state index is 0.217. The van der Waals surface area contributed by atoms with Gasteiger partial charge in [-0.05, 0) is 0 Å². The molecule has 0 aliphatic rings. The second kappa shape index (κ2) is 5.33. The van der Waals surface area contributed by atoms with Crippen molar-refractivity contribution in [3.63, 3.8) is 0 Å². The average Bonchev–Trinajstić information content (AvgIpc) is 2.25. The van der Waals surface area contributed by atoms with Gasteiger partial charge in [0.05, 0.1) is 27.0 Å². The van der Waals surface area contributed by atoms with Crippen molar-refractivity contribution in [2.75, 3.05) is 26.1 Å². The maximum Gasteiger partial charge on any atom is 0.319 e. The van der Waals surface area contributed by atoms with Crippen LogP contribution in [0.5, 0.6) is 17.2 Å². The summed E-state index contributed by atoms with van der Waals surface area (Å²) < 4.78 is 39.1. The van der Waals surface area contributed by atoms with Gasteiger partial charge >= 0.3 is 9.24 Å². The fourth-order valence-electron chi connectivity index (χ4n) is 1.28. The monoisotopic (exact) mass is 281 g/mol. The molecule has 0 saturated heterocycles. The van der Waals surface area contributed by atoms with Crippen molar-refractivity contribution in [3.05, 3.63) is 12.1 Å². The predicted octanol–water partition coefficient (Wildman–Crippen LogP) is 1.61. The largest absolute Gasteiger partial charge is 0.493 e. The fourth-order valence-corrected chi connectivity index (χ4v) is 1.95. The van der Waals surface area contributed by atoms with Gasteiger partial charge in [-0.1, -0.05) is 0 Å². The lowest BCUT2D eigenvalue weighted by Crippen LogP contribution is -2.05. The van der Waals surface area contributed by atoms with Crippen molar-refractivity contribution < 1.29 is 22.6 Å². The third-order valence-corrected chi connectivity index (χ3v) is 2.62. The summed E-state index contributed by atoms with van der Waals surface area (Å²) in [7, 11) is 5.51. The molecule has 0 amide bonds. The van der Waals surface area contributed by atoms with E-state index in [9.17, 15) is 8.42 Å². The van der Waals surface area contributed by atoms with Gasteiger partial charge in [0.1, 0.15) is 0 Å². The van der Waals surface area contributed by atoms with Crippen LogP contribution in [0, 0.1) is 0 Å². The number of rotatable bonds is 5. The third kappa shape index (κ3) is 3.57. The number of ether oxygens (including phenoxy) is 3. The second-order valence-corrected chi connectivity index (χ2v) is 5.25. The Morgan fingerprint density at radius 2 is 1.53 bits per heavy atom. The van der Waals surface area contributed by atoms with Crippen LogP contribution < -0.4 is 18.9 Å². The highest BCUT2D eigenvalue weighted by Crippen LogP contribution is 2.40. The van der Waals surface area contributed by atoms with Crippen molar-refractivity contribution >= 4 is 25.6 Å². The SMILES string of the molecule is COc1cc(NS(=O)(=O)Cl)cc(OC)c1OC. The molecule has 0 saturated carbocycles. The maximum absolute atomic E-state index is 10.9. The summed E-state index contributed by atoms with van der Waals surface area (Å²) in [5.41, 5.74) is 0.217. The lowest BCUT2D eigenvalue weighted by atomic mass is 10.2. The van der Waals surface area contributed by atoms with Crippen LogP contribution in [0.15, 0.2) is 12.1 Å². The minimum Gasteiger partial charge on any atom is -0.493 e. The van der Waals surface area contributed by atoms with E-state index in [1.54, 1.807) is 0 Å². The van der Waals surface area contributed by atoms with Gasteiger partial charge in [-0.25, -0.2) is 0 Å². The van der Waals surface area contributed by atoms with Crippen molar-refractivity contribution in [3.8, 4) is 17.2 Å². The van der Waals surface area contributed by atoms with E-state index in [1.165, 1.54) is 33.5 Å². The van der Waals surface area contributed by atoms with E-state index >= 15 is 0 Å². The van der Waals surface area contributed by atoms with Gasteiger partial charge in [-0.2, -0.15) is 8.42 Å². The van der Waals surface area contributed by atoms with E-state index in [4.69, 9.17) is 24.9 Å². The molecule has 1 N–H and O–H groups in total. The standard InChI is InChI=1S/C9H12ClNO5S/c1-14-7-4-6(11-17(10,12)13)5-8(15-2)9(7)16-3/h4-5,11H,1-3H3. The highest BCUT2D eigenvalue weighted by Gasteiger charge is 2.15. The molecule has 0 spiro atoms. The Hall–Kier alpha value is -1.34. The van der Waals surface area contributed by atoms with Crippen LogP contribution in [0.1, 0.15) is 0 Å². The van der Waals surface area contributed by atoms with Crippen LogP contribution in [-0.4, -0.2) is 29.7 Å². The van der Waals surface area contributed by atoms with Gasteiger partial charge in [0.2, 0.25) is 5.75 Å². The molecule has 8 heteroatoms. The summed E-state index contributed by atoms with van der Waals surface area (Å²) in [6.45, 7) is 0. The zero-order chi connectivity index (χ0) is 13.1. The lowest BCUT2D eigenvalue weighted by Gasteiger charge is -2.13. The number of nitrogens with one attached hydrogen (secondary N) is 1. The molecular weight excluding hydrogens is 270 g/mol. The first-order chi connectivity index (χ1) is 7.91. The van der Waals surface area contributed by atoms with Crippen molar-refractivity contribution in [1.82, 2.24) is 0 Å². The van der Waals surface area contributed by atoms with Crippen LogP contribution in [0.25, 0.3) is 0 Å². The summed E-state index contributed by atoms with van der Waals surface area (Å²) in [4.78, 5) is 0. The van der Waals surface area contributed by atoms with Crippen molar-refractivity contribution in [1.29, 1.82) is 0 Å². The fraction of sp³-hybridized carbons (Fsp3) is 0.333. The molecule has 0 radical (unpaired) electrons. The molecule has 0 aromatic heterocycles. The van der Waals surface area contributed by atoms with E-state index in [2.05, 4.69) is 4.72 Å². The maximum atomic E-state index is 10.9. The number of benzene rings is 1.